The van der Waals surface area contributed by atoms with Crippen molar-refractivity contribution >= 4 is 39.5 Å². The summed E-state index contributed by atoms with van der Waals surface area (Å²) in [5.41, 5.74) is 15.1. The van der Waals surface area contributed by atoms with Crippen LogP contribution in [0, 0.1) is 11.6 Å². The van der Waals surface area contributed by atoms with Crippen LogP contribution in [0.15, 0.2) is 59.0 Å². The van der Waals surface area contributed by atoms with Crippen molar-refractivity contribution in [3.63, 3.8) is 0 Å². The smallest absolute Gasteiger partial charge is 0.151 e. The van der Waals surface area contributed by atoms with E-state index in [2.05, 4.69) is 19.9 Å². The van der Waals surface area contributed by atoms with Crippen LogP contribution in [0.5, 0.6) is 0 Å². The average molecular weight is 465 g/mol. The van der Waals surface area contributed by atoms with E-state index in [-0.39, 0.29) is 22.4 Å². The molecule has 1 saturated heterocycles. The molecule has 0 spiro atoms. The fourth-order valence-corrected chi connectivity index (χ4v) is 5.00. The molecule has 9 heteroatoms. The number of fused-ring (bicyclic) bond motifs is 1. The number of halogens is 2. The van der Waals surface area contributed by atoms with Crippen LogP contribution in [-0.2, 0) is 0 Å². The summed E-state index contributed by atoms with van der Waals surface area (Å²) < 4.78 is 28.3. The van der Waals surface area contributed by atoms with Gasteiger partial charge in [-0.15, -0.1) is 11.3 Å². The Morgan fingerprint density at radius 1 is 1.12 bits per heavy atom. The van der Waals surface area contributed by atoms with Gasteiger partial charge in [-0.25, -0.2) is 18.8 Å². The van der Waals surface area contributed by atoms with Crippen LogP contribution in [0.3, 0.4) is 0 Å². The van der Waals surface area contributed by atoms with E-state index >= 15 is 0 Å². The number of anilines is 1. The van der Waals surface area contributed by atoms with Gasteiger partial charge in [-0.1, -0.05) is 24.3 Å². The second-order valence-electron chi connectivity index (χ2n) is 7.99. The first-order valence-electron chi connectivity index (χ1n) is 10.6. The Kier molecular flexibility index (Phi) is 5.74. The van der Waals surface area contributed by atoms with Crippen LogP contribution in [0.25, 0.3) is 21.5 Å². The number of piperidine rings is 1. The number of hydrogen-bond acceptors (Lipinski definition) is 6. The van der Waals surface area contributed by atoms with Gasteiger partial charge in [0.25, 0.3) is 0 Å². The summed E-state index contributed by atoms with van der Waals surface area (Å²) in [5.74, 6) is -1.20. The van der Waals surface area contributed by atoms with Crippen molar-refractivity contribution in [1.29, 1.82) is 0 Å². The number of nitrogens with two attached hydrogens (primary N) is 2. The molecule has 0 radical (unpaired) electrons. The van der Waals surface area contributed by atoms with Crippen LogP contribution >= 0.6 is 11.3 Å². The molecule has 3 heterocycles. The SMILES string of the molecule is NC(=Nc1cnc2ccccc2c1N1CCC[C@H](N)C1)c1csc(-c2c(F)cccc2F)n1. The summed E-state index contributed by atoms with van der Waals surface area (Å²) in [7, 11) is 0. The molecule has 1 atom stereocenters. The third kappa shape index (κ3) is 4.17. The molecule has 2 aromatic carbocycles. The Balaban J connectivity index is 1.57. The fraction of sp³-hybridized carbons (Fsp3) is 0.208. The molecular formula is C24H22F2N6S. The van der Waals surface area contributed by atoms with Gasteiger partial charge in [0.2, 0.25) is 0 Å². The number of para-hydroxylation sites is 1. The number of pyridine rings is 1. The molecule has 168 valence electrons. The second-order valence-corrected chi connectivity index (χ2v) is 8.85. The Bertz CT molecular complexity index is 1330. The maximum absolute atomic E-state index is 14.2. The number of hydrogen-bond donors (Lipinski definition) is 2. The maximum Gasteiger partial charge on any atom is 0.151 e. The molecule has 0 unspecified atom stereocenters. The Morgan fingerprint density at radius 3 is 2.70 bits per heavy atom. The molecule has 1 aliphatic heterocycles. The van der Waals surface area contributed by atoms with Crippen molar-refractivity contribution in [1.82, 2.24) is 9.97 Å². The lowest BCUT2D eigenvalue weighted by atomic mass is 10.0. The zero-order valence-electron chi connectivity index (χ0n) is 17.7. The molecule has 6 nitrogen and oxygen atoms in total. The van der Waals surface area contributed by atoms with Crippen LogP contribution in [0.4, 0.5) is 20.2 Å². The van der Waals surface area contributed by atoms with Crippen molar-refractivity contribution in [2.45, 2.75) is 18.9 Å². The maximum atomic E-state index is 14.2. The molecule has 2 aromatic heterocycles. The third-order valence-corrected chi connectivity index (χ3v) is 6.55. The van der Waals surface area contributed by atoms with E-state index < -0.39 is 11.6 Å². The normalized spacial score (nSPS) is 17.0. The molecule has 1 aliphatic rings. The predicted octanol–water partition coefficient (Wildman–Crippen LogP) is 4.60. The molecule has 33 heavy (non-hydrogen) atoms. The van der Waals surface area contributed by atoms with Crippen molar-refractivity contribution in [2.75, 3.05) is 18.0 Å². The largest absolute Gasteiger partial charge is 0.382 e. The molecule has 4 N–H and O–H groups in total. The van der Waals surface area contributed by atoms with Crippen molar-refractivity contribution in [2.24, 2.45) is 16.5 Å². The van der Waals surface area contributed by atoms with Crippen LogP contribution < -0.4 is 16.4 Å². The van der Waals surface area contributed by atoms with Crippen LogP contribution in [-0.4, -0.2) is 34.9 Å². The first-order chi connectivity index (χ1) is 16.0. The van der Waals surface area contributed by atoms with E-state index in [1.807, 2.05) is 24.3 Å². The number of rotatable bonds is 4. The van der Waals surface area contributed by atoms with E-state index in [1.165, 1.54) is 18.2 Å². The highest BCUT2D eigenvalue weighted by molar-refractivity contribution is 7.13. The predicted molar refractivity (Wildman–Crippen MR) is 129 cm³/mol. The number of thiazole rings is 1. The standard InChI is InChI=1S/C24H22F2N6S/c25-16-7-3-8-17(26)21(16)24-31-20(13-33-24)23(28)30-19-11-29-18-9-2-1-6-15(18)22(19)32-10-4-5-14(27)12-32/h1-3,6-9,11,13-14H,4-5,10,12,27H2,(H2,28,30)/t14-/m0/s1. The summed E-state index contributed by atoms with van der Waals surface area (Å²) in [6, 6.07) is 11.7. The van der Waals surface area contributed by atoms with Crippen LogP contribution in [0.1, 0.15) is 18.5 Å². The van der Waals surface area contributed by atoms with Crippen molar-refractivity contribution < 1.29 is 8.78 Å². The molecule has 0 saturated carbocycles. The summed E-state index contributed by atoms with van der Waals surface area (Å²) in [4.78, 5) is 15.7. The molecule has 0 aliphatic carbocycles. The van der Waals surface area contributed by atoms with Gasteiger partial charge in [0, 0.05) is 29.9 Å². The minimum absolute atomic E-state index is 0.0802. The van der Waals surface area contributed by atoms with E-state index in [0.29, 0.717) is 17.9 Å². The number of amidine groups is 1. The minimum Gasteiger partial charge on any atom is -0.382 e. The van der Waals surface area contributed by atoms with Crippen LogP contribution in [0.2, 0.25) is 0 Å². The lowest BCUT2D eigenvalue weighted by Gasteiger charge is -2.34. The van der Waals surface area contributed by atoms with Gasteiger partial charge in [-0.05, 0) is 31.0 Å². The average Bonchev–Trinajstić information content (AvgIpc) is 3.29. The summed E-state index contributed by atoms with van der Waals surface area (Å²) in [5, 5.41) is 2.82. The number of benzene rings is 2. The highest BCUT2D eigenvalue weighted by Crippen LogP contribution is 2.37. The second kappa shape index (κ2) is 8.84. The van der Waals surface area contributed by atoms with Crippen molar-refractivity contribution in [3.05, 3.63) is 71.4 Å². The molecule has 5 rings (SSSR count). The molecule has 4 aromatic rings. The topological polar surface area (TPSA) is 93.4 Å². The zero-order valence-corrected chi connectivity index (χ0v) is 18.5. The molecular weight excluding hydrogens is 442 g/mol. The lowest BCUT2D eigenvalue weighted by Crippen LogP contribution is -2.43. The molecule has 1 fully saturated rings. The van der Waals surface area contributed by atoms with Gasteiger partial charge in [-0.3, -0.25) is 4.98 Å². The number of nitrogens with zero attached hydrogens (tertiary/aromatic N) is 4. The van der Waals surface area contributed by atoms with E-state index in [0.717, 1.165) is 47.3 Å². The zero-order chi connectivity index (χ0) is 22.9. The molecule has 0 bridgehead atoms. The van der Waals surface area contributed by atoms with Gasteiger partial charge in [0.1, 0.15) is 28.0 Å². The van der Waals surface area contributed by atoms with Gasteiger partial charge in [-0.2, -0.15) is 0 Å². The van der Waals surface area contributed by atoms with Crippen molar-refractivity contribution in [3.8, 4) is 10.6 Å². The monoisotopic (exact) mass is 464 g/mol. The highest BCUT2D eigenvalue weighted by Gasteiger charge is 2.22. The molecule has 0 amide bonds. The van der Waals surface area contributed by atoms with E-state index in [9.17, 15) is 8.78 Å². The lowest BCUT2D eigenvalue weighted by molar-refractivity contribution is 0.507. The third-order valence-electron chi connectivity index (χ3n) is 5.69. The van der Waals surface area contributed by atoms with Gasteiger partial charge in [0.15, 0.2) is 5.84 Å². The van der Waals surface area contributed by atoms with E-state index in [1.54, 1.807) is 11.6 Å². The van der Waals surface area contributed by atoms with E-state index in [4.69, 9.17) is 11.5 Å². The number of aliphatic imine (C=N–C) groups is 1. The first-order valence-corrected chi connectivity index (χ1v) is 11.5. The summed E-state index contributed by atoms with van der Waals surface area (Å²) >= 11 is 1.11. The highest BCUT2D eigenvalue weighted by atomic mass is 32.1. The van der Waals surface area contributed by atoms with Gasteiger partial charge >= 0.3 is 0 Å². The summed E-state index contributed by atoms with van der Waals surface area (Å²) in [6.07, 6.45) is 3.66. The summed E-state index contributed by atoms with van der Waals surface area (Å²) in [6.45, 7) is 1.57. The Hall–Kier alpha value is -3.43. The Morgan fingerprint density at radius 2 is 1.91 bits per heavy atom. The fourth-order valence-electron chi connectivity index (χ4n) is 4.14. The van der Waals surface area contributed by atoms with Gasteiger partial charge < -0.3 is 16.4 Å². The first kappa shape index (κ1) is 21.4. The Labute approximate surface area is 193 Å². The quantitative estimate of drug-likeness (QED) is 0.340. The minimum atomic E-state index is -0.672. The van der Waals surface area contributed by atoms with Gasteiger partial charge in [0.05, 0.1) is 23.0 Å². The number of aromatic nitrogens is 2.